The molecule has 1 aliphatic heterocycles. The average molecular weight is 326 g/mol. The molecule has 0 spiro atoms. The Kier molecular flexibility index (Phi) is 4.39. The summed E-state index contributed by atoms with van der Waals surface area (Å²) in [6.07, 6.45) is 1.73. The second kappa shape index (κ2) is 5.81. The first-order valence-corrected chi connectivity index (χ1v) is 8.53. The topological polar surface area (TPSA) is 57.2 Å². The summed E-state index contributed by atoms with van der Waals surface area (Å²) >= 11 is 0. The summed E-state index contributed by atoms with van der Waals surface area (Å²) in [6, 6.07) is 0. The molecule has 3 rings (SSSR count). The number of rotatable bonds is 3. The summed E-state index contributed by atoms with van der Waals surface area (Å²) in [6.45, 7) is 6.42. The highest BCUT2D eigenvalue weighted by atomic mass is 16.8. The lowest BCUT2D eigenvalue weighted by Crippen LogP contribution is -2.61. The van der Waals surface area contributed by atoms with Gasteiger partial charge in [-0.3, -0.25) is 0 Å². The molecule has 0 aromatic rings. The monoisotopic (exact) mass is 326 g/mol. The maximum atomic E-state index is 10.5. The van der Waals surface area contributed by atoms with E-state index in [1.807, 2.05) is 6.92 Å². The molecule has 0 unspecified atom stereocenters. The van der Waals surface area contributed by atoms with Gasteiger partial charge in [0.2, 0.25) is 0 Å². The molecule has 0 bridgehead atoms. The van der Waals surface area contributed by atoms with E-state index in [-0.39, 0.29) is 23.5 Å². The molecular weight excluding hydrogens is 296 g/mol. The van der Waals surface area contributed by atoms with E-state index in [9.17, 15) is 5.11 Å². The highest BCUT2D eigenvalue weighted by molar-refractivity contribution is 5.36. The largest absolute Gasteiger partial charge is 0.393 e. The minimum atomic E-state index is -0.766. The predicted molar refractivity (Wildman–Crippen MR) is 85.7 cm³/mol. The maximum absolute atomic E-state index is 10.5. The number of aliphatic hydroxyl groups excluding tert-OH is 1. The van der Waals surface area contributed by atoms with Gasteiger partial charge in [-0.15, -0.1) is 0 Å². The van der Waals surface area contributed by atoms with Crippen LogP contribution in [-0.2, 0) is 18.9 Å². The number of fused-ring (bicyclic) bond motifs is 2. The standard InChI is InChI=1S/C18H30O5/c1-10-14-15(20-4)17(3)11(2)13(19)8-7-12(17)9-18(14,22-6)23-16(10)21-5/h11-13,15-16,19H,7-9H2,1-6H3/t11-,12+,13-,15+,16-,17+,18+/m0/s1. The molecule has 23 heavy (non-hydrogen) atoms. The third kappa shape index (κ3) is 2.17. The summed E-state index contributed by atoms with van der Waals surface area (Å²) < 4.78 is 23.6. The molecule has 0 aromatic heterocycles. The molecule has 0 amide bonds. The number of ether oxygens (including phenoxy) is 4. The summed E-state index contributed by atoms with van der Waals surface area (Å²) in [5.74, 6) is -0.238. The van der Waals surface area contributed by atoms with Gasteiger partial charge in [0.25, 0.3) is 0 Å². The van der Waals surface area contributed by atoms with E-state index in [0.29, 0.717) is 5.92 Å². The van der Waals surface area contributed by atoms with Crippen molar-refractivity contribution in [2.75, 3.05) is 21.3 Å². The van der Waals surface area contributed by atoms with Gasteiger partial charge in [0.1, 0.15) is 0 Å². The van der Waals surface area contributed by atoms with Gasteiger partial charge >= 0.3 is 0 Å². The van der Waals surface area contributed by atoms with Crippen LogP contribution in [0.5, 0.6) is 0 Å². The van der Waals surface area contributed by atoms with Crippen molar-refractivity contribution in [3.05, 3.63) is 11.1 Å². The van der Waals surface area contributed by atoms with Crippen LogP contribution in [0.25, 0.3) is 0 Å². The Hall–Kier alpha value is -0.460. The minimum Gasteiger partial charge on any atom is -0.393 e. The second-order valence-corrected chi connectivity index (χ2v) is 7.56. The highest BCUT2D eigenvalue weighted by Gasteiger charge is 2.64. The van der Waals surface area contributed by atoms with Gasteiger partial charge in [-0.05, 0) is 37.2 Å². The average Bonchev–Trinajstić information content (AvgIpc) is 2.83. The first-order chi connectivity index (χ1) is 10.9. The van der Waals surface area contributed by atoms with E-state index in [0.717, 1.165) is 30.4 Å². The fourth-order valence-electron chi connectivity index (χ4n) is 5.28. The SMILES string of the molecule is CO[C@H]1O[C@]2(OC)C[C@H]3CC[C@H](O)[C@H](C)[C@@]3(C)[C@H](OC)C2=C1C. The fraction of sp³-hybridized carbons (Fsp3) is 0.889. The summed E-state index contributed by atoms with van der Waals surface area (Å²) in [5.41, 5.74) is 1.94. The highest BCUT2D eigenvalue weighted by Crippen LogP contribution is 2.61. The smallest absolute Gasteiger partial charge is 0.196 e. The Morgan fingerprint density at radius 3 is 2.43 bits per heavy atom. The van der Waals surface area contributed by atoms with Crippen molar-refractivity contribution in [2.45, 2.75) is 64.3 Å². The first-order valence-electron chi connectivity index (χ1n) is 8.53. The van der Waals surface area contributed by atoms with Gasteiger partial charge in [0.15, 0.2) is 12.1 Å². The molecule has 132 valence electrons. The van der Waals surface area contributed by atoms with Crippen molar-refractivity contribution < 1.29 is 24.1 Å². The van der Waals surface area contributed by atoms with Gasteiger partial charge in [0, 0.05) is 38.7 Å². The van der Waals surface area contributed by atoms with Crippen LogP contribution in [0.2, 0.25) is 0 Å². The van der Waals surface area contributed by atoms with Crippen molar-refractivity contribution in [3.63, 3.8) is 0 Å². The van der Waals surface area contributed by atoms with E-state index in [1.54, 1.807) is 21.3 Å². The molecule has 0 radical (unpaired) electrons. The molecule has 2 saturated carbocycles. The third-order valence-corrected chi connectivity index (χ3v) is 6.86. The van der Waals surface area contributed by atoms with Crippen LogP contribution in [0.4, 0.5) is 0 Å². The van der Waals surface area contributed by atoms with Gasteiger partial charge in [0.05, 0.1) is 12.2 Å². The quantitative estimate of drug-likeness (QED) is 0.808. The Morgan fingerprint density at radius 2 is 1.87 bits per heavy atom. The molecule has 5 nitrogen and oxygen atoms in total. The third-order valence-electron chi connectivity index (χ3n) is 6.86. The Labute approximate surface area is 138 Å². The molecule has 2 aliphatic carbocycles. The first kappa shape index (κ1) is 17.4. The van der Waals surface area contributed by atoms with Crippen LogP contribution in [0, 0.1) is 17.3 Å². The number of hydrogen-bond donors (Lipinski definition) is 1. The fourth-order valence-corrected chi connectivity index (χ4v) is 5.28. The van der Waals surface area contributed by atoms with Crippen LogP contribution in [-0.4, -0.2) is 50.7 Å². The van der Waals surface area contributed by atoms with Gasteiger partial charge in [-0.2, -0.15) is 0 Å². The lowest BCUT2D eigenvalue weighted by molar-refractivity contribution is -0.286. The van der Waals surface area contributed by atoms with Crippen LogP contribution < -0.4 is 0 Å². The van der Waals surface area contributed by atoms with Crippen LogP contribution in [0.3, 0.4) is 0 Å². The zero-order valence-corrected chi connectivity index (χ0v) is 15.1. The zero-order chi connectivity index (χ0) is 17.0. The van der Waals surface area contributed by atoms with Crippen LogP contribution >= 0.6 is 0 Å². The molecule has 3 aliphatic rings. The Bertz CT molecular complexity index is 504. The van der Waals surface area contributed by atoms with Crippen molar-refractivity contribution in [3.8, 4) is 0 Å². The normalized spacial score (nSPS) is 50.0. The van der Waals surface area contributed by atoms with Crippen molar-refractivity contribution in [2.24, 2.45) is 17.3 Å². The molecule has 1 heterocycles. The predicted octanol–water partition coefficient (Wildman–Crippen LogP) is 2.48. The van der Waals surface area contributed by atoms with Crippen LogP contribution in [0.15, 0.2) is 11.1 Å². The van der Waals surface area contributed by atoms with E-state index < -0.39 is 12.1 Å². The van der Waals surface area contributed by atoms with E-state index in [4.69, 9.17) is 18.9 Å². The van der Waals surface area contributed by atoms with E-state index >= 15 is 0 Å². The zero-order valence-electron chi connectivity index (χ0n) is 15.1. The summed E-state index contributed by atoms with van der Waals surface area (Å²) in [7, 11) is 5.09. The van der Waals surface area contributed by atoms with Crippen LogP contribution in [0.1, 0.15) is 40.0 Å². The molecule has 7 atom stereocenters. The number of methoxy groups -OCH3 is 3. The molecular formula is C18H30O5. The van der Waals surface area contributed by atoms with Crippen molar-refractivity contribution >= 4 is 0 Å². The minimum absolute atomic E-state index is 0.142. The summed E-state index contributed by atoms with van der Waals surface area (Å²) in [4.78, 5) is 0. The lowest BCUT2D eigenvalue weighted by Gasteiger charge is -2.58. The summed E-state index contributed by atoms with van der Waals surface area (Å²) in [5, 5.41) is 10.5. The van der Waals surface area contributed by atoms with Gasteiger partial charge in [-0.1, -0.05) is 13.8 Å². The molecule has 1 N–H and O–H groups in total. The van der Waals surface area contributed by atoms with Gasteiger partial charge < -0.3 is 24.1 Å². The van der Waals surface area contributed by atoms with Crippen molar-refractivity contribution in [1.82, 2.24) is 0 Å². The Morgan fingerprint density at radius 1 is 1.17 bits per heavy atom. The molecule has 2 fully saturated rings. The molecule has 0 aromatic carbocycles. The second-order valence-electron chi connectivity index (χ2n) is 7.56. The Balaban J connectivity index is 2.13. The number of hydrogen-bond acceptors (Lipinski definition) is 5. The molecule has 5 heteroatoms. The van der Waals surface area contributed by atoms with Gasteiger partial charge in [-0.25, -0.2) is 0 Å². The van der Waals surface area contributed by atoms with E-state index in [2.05, 4.69) is 13.8 Å². The molecule has 0 saturated heterocycles. The maximum Gasteiger partial charge on any atom is 0.196 e. The van der Waals surface area contributed by atoms with E-state index in [1.165, 1.54) is 0 Å². The van der Waals surface area contributed by atoms with Crippen molar-refractivity contribution in [1.29, 1.82) is 0 Å². The number of aliphatic hydroxyl groups is 1. The lowest BCUT2D eigenvalue weighted by atomic mass is 9.51.